The van der Waals surface area contributed by atoms with Crippen LogP contribution in [0, 0.1) is 0 Å². The number of para-hydroxylation sites is 1. The highest BCUT2D eigenvalue weighted by atomic mass is 16.5. The van der Waals surface area contributed by atoms with Crippen molar-refractivity contribution < 1.29 is 23.9 Å². The maximum Gasteiger partial charge on any atom is 0.255 e. The zero-order valence-electron chi connectivity index (χ0n) is 16.1. The molecule has 8 heteroatoms. The number of rotatable bonds is 7. The fourth-order valence-electron chi connectivity index (χ4n) is 3.19. The van der Waals surface area contributed by atoms with Crippen LogP contribution in [0.15, 0.2) is 48.5 Å². The number of hydrogen-bond acceptors (Lipinski definition) is 5. The number of hydrogen-bond donors (Lipinski definition) is 2. The number of ether oxygens (including phenoxy) is 2. The van der Waals surface area contributed by atoms with Gasteiger partial charge in [0, 0.05) is 17.8 Å². The highest BCUT2D eigenvalue weighted by Gasteiger charge is 2.31. The number of piperidine rings is 1. The first-order valence-corrected chi connectivity index (χ1v) is 9.26. The zero-order chi connectivity index (χ0) is 20.8. The number of nitrogens with two attached hydrogens (primary N) is 1. The van der Waals surface area contributed by atoms with E-state index in [2.05, 4.69) is 5.32 Å². The van der Waals surface area contributed by atoms with Gasteiger partial charge in [-0.2, -0.15) is 0 Å². The van der Waals surface area contributed by atoms with E-state index in [9.17, 15) is 14.4 Å². The second kappa shape index (κ2) is 9.09. The third-order valence-corrected chi connectivity index (χ3v) is 4.61. The molecule has 1 aliphatic heterocycles. The Labute approximate surface area is 168 Å². The molecule has 1 heterocycles. The molecular weight excluding hydrogens is 374 g/mol. The molecule has 3 N–H and O–H groups in total. The molecule has 0 saturated carbocycles. The van der Waals surface area contributed by atoms with E-state index in [1.165, 1.54) is 25.3 Å². The molecule has 0 aliphatic carbocycles. The van der Waals surface area contributed by atoms with Gasteiger partial charge in [0.25, 0.3) is 11.8 Å². The minimum absolute atomic E-state index is 0.135. The van der Waals surface area contributed by atoms with Gasteiger partial charge in [0.2, 0.25) is 5.91 Å². The molecule has 0 spiro atoms. The largest absolute Gasteiger partial charge is 0.493 e. The number of nitrogens with one attached hydrogen (secondary N) is 1. The number of nitrogens with zero attached hydrogens (tertiary/aromatic N) is 1. The summed E-state index contributed by atoms with van der Waals surface area (Å²) in [5.74, 6) is -0.554. The van der Waals surface area contributed by atoms with Crippen molar-refractivity contribution >= 4 is 23.4 Å². The molecule has 2 aromatic rings. The smallest absolute Gasteiger partial charge is 0.255 e. The van der Waals surface area contributed by atoms with E-state index in [-0.39, 0.29) is 12.5 Å². The van der Waals surface area contributed by atoms with Crippen LogP contribution < -0.4 is 25.4 Å². The molecule has 1 fully saturated rings. The summed E-state index contributed by atoms with van der Waals surface area (Å²) in [6.45, 7) is 0.322. The van der Waals surface area contributed by atoms with Crippen LogP contribution in [0.1, 0.15) is 23.2 Å². The summed E-state index contributed by atoms with van der Waals surface area (Å²) in [6.07, 6.45) is 1.36. The van der Waals surface area contributed by atoms with Crippen LogP contribution in [-0.2, 0) is 9.59 Å². The molecule has 2 aromatic carbocycles. The quantitative estimate of drug-likeness (QED) is 0.735. The lowest BCUT2D eigenvalue weighted by molar-refractivity contribution is -0.121. The molecule has 3 amide bonds. The third-order valence-electron chi connectivity index (χ3n) is 4.61. The minimum Gasteiger partial charge on any atom is -0.493 e. The Kier molecular flexibility index (Phi) is 6.33. The molecule has 8 nitrogen and oxygen atoms in total. The highest BCUT2D eigenvalue weighted by molar-refractivity contribution is 6.03. The number of amides is 3. The summed E-state index contributed by atoms with van der Waals surface area (Å²) >= 11 is 0. The summed E-state index contributed by atoms with van der Waals surface area (Å²) in [5, 5.41) is 2.81. The van der Waals surface area contributed by atoms with Gasteiger partial charge in [0.15, 0.2) is 18.1 Å². The van der Waals surface area contributed by atoms with Gasteiger partial charge in [-0.1, -0.05) is 18.2 Å². The number of methoxy groups -OCH3 is 1. The second-order valence-corrected chi connectivity index (χ2v) is 6.61. The van der Waals surface area contributed by atoms with Crippen LogP contribution in [0.5, 0.6) is 11.5 Å². The fourth-order valence-corrected chi connectivity index (χ4v) is 3.19. The Balaban J connectivity index is 1.70. The number of carbonyl (C=O) groups is 3. The Morgan fingerprint density at radius 2 is 1.93 bits per heavy atom. The average molecular weight is 397 g/mol. The SMILES string of the molecule is COc1cc(C(=O)NC2CCCN(c3ccccc3)C2=O)ccc1OCC(N)=O. The molecular formula is C21H23N3O5. The molecule has 1 aliphatic rings. The van der Waals surface area contributed by atoms with E-state index in [4.69, 9.17) is 15.2 Å². The Morgan fingerprint density at radius 3 is 2.62 bits per heavy atom. The van der Waals surface area contributed by atoms with Crippen molar-refractivity contribution in [3.63, 3.8) is 0 Å². The second-order valence-electron chi connectivity index (χ2n) is 6.61. The molecule has 152 valence electrons. The van der Waals surface area contributed by atoms with E-state index in [1.54, 1.807) is 4.90 Å². The van der Waals surface area contributed by atoms with Gasteiger partial charge in [-0.25, -0.2) is 0 Å². The summed E-state index contributed by atoms with van der Waals surface area (Å²) in [4.78, 5) is 38.1. The van der Waals surface area contributed by atoms with E-state index >= 15 is 0 Å². The predicted octanol–water partition coefficient (Wildman–Crippen LogP) is 1.48. The van der Waals surface area contributed by atoms with E-state index < -0.39 is 17.9 Å². The van der Waals surface area contributed by atoms with Crippen LogP contribution >= 0.6 is 0 Å². The number of primary amides is 1. The molecule has 29 heavy (non-hydrogen) atoms. The molecule has 0 aromatic heterocycles. The van der Waals surface area contributed by atoms with Crippen LogP contribution in [0.3, 0.4) is 0 Å². The van der Waals surface area contributed by atoms with Gasteiger partial charge in [-0.3, -0.25) is 14.4 Å². The van der Waals surface area contributed by atoms with E-state index in [0.717, 1.165) is 12.1 Å². The Bertz CT molecular complexity index is 900. The summed E-state index contributed by atoms with van der Waals surface area (Å²) < 4.78 is 10.5. The van der Waals surface area contributed by atoms with Crippen LogP contribution in [0.4, 0.5) is 5.69 Å². The van der Waals surface area contributed by atoms with Crippen molar-refractivity contribution in [2.75, 3.05) is 25.2 Å². The normalized spacial score (nSPS) is 16.2. The van der Waals surface area contributed by atoms with Crippen molar-refractivity contribution in [2.24, 2.45) is 5.73 Å². The Hall–Kier alpha value is -3.55. The van der Waals surface area contributed by atoms with Gasteiger partial charge < -0.3 is 25.4 Å². The average Bonchev–Trinajstić information content (AvgIpc) is 2.74. The molecule has 1 unspecified atom stereocenters. The van der Waals surface area contributed by atoms with Gasteiger partial charge in [-0.05, 0) is 43.2 Å². The maximum atomic E-state index is 12.8. The summed E-state index contributed by atoms with van der Waals surface area (Å²) in [7, 11) is 1.43. The lowest BCUT2D eigenvalue weighted by atomic mass is 10.0. The lowest BCUT2D eigenvalue weighted by Gasteiger charge is -2.32. The topological polar surface area (TPSA) is 111 Å². The van der Waals surface area contributed by atoms with Gasteiger partial charge >= 0.3 is 0 Å². The first kappa shape index (κ1) is 20.2. The van der Waals surface area contributed by atoms with Crippen molar-refractivity contribution in [1.29, 1.82) is 0 Å². The van der Waals surface area contributed by atoms with E-state index in [1.807, 2.05) is 30.3 Å². The molecule has 1 atom stereocenters. The lowest BCUT2D eigenvalue weighted by Crippen LogP contribution is -2.52. The Morgan fingerprint density at radius 1 is 1.17 bits per heavy atom. The molecule has 0 radical (unpaired) electrons. The van der Waals surface area contributed by atoms with Gasteiger partial charge in [0.05, 0.1) is 7.11 Å². The molecule has 3 rings (SSSR count). The number of carbonyl (C=O) groups excluding carboxylic acids is 3. The first-order chi connectivity index (χ1) is 14.0. The minimum atomic E-state index is -0.618. The first-order valence-electron chi connectivity index (χ1n) is 9.26. The third kappa shape index (κ3) is 4.84. The van der Waals surface area contributed by atoms with Gasteiger partial charge in [-0.15, -0.1) is 0 Å². The zero-order valence-corrected chi connectivity index (χ0v) is 16.1. The van der Waals surface area contributed by atoms with Crippen molar-refractivity contribution in [1.82, 2.24) is 5.32 Å². The maximum absolute atomic E-state index is 12.8. The fraction of sp³-hybridized carbons (Fsp3) is 0.286. The molecule has 0 bridgehead atoms. The van der Waals surface area contributed by atoms with Crippen molar-refractivity contribution in [3.8, 4) is 11.5 Å². The standard InChI is InChI=1S/C21H23N3O5/c1-28-18-12-14(9-10-17(18)29-13-19(22)25)20(26)23-16-8-5-11-24(21(16)27)15-6-3-2-4-7-15/h2-4,6-7,9-10,12,16H,5,8,11,13H2,1H3,(H2,22,25)(H,23,26). The number of benzene rings is 2. The van der Waals surface area contributed by atoms with Crippen LogP contribution in [-0.4, -0.2) is 44.0 Å². The summed E-state index contributed by atoms with van der Waals surface area (Å²) in [6, 6.07) is 13.3. The highest BCUT2D eigenvalue weighted by Crippen LogP contribution is 2.28. The number of anilines is 1. The monoisotopic (exact) mass is 397 g/mol. The van der Waals surface area contributed by atoms with Crippen LogP contribution in [0.2, 0.25) is 0 Å². The van der Waals surface area contributed by atoms with Crippen molar-refractivity contribution in [2.45, 2.75) is 18.9 Å². The summed E-state index contributed by atoms with van der Waals surface area (Å²) in [5.41, 5.74) is 6.21. The van der Waals surface area contributed by atoms with Crippen molar-refractivity contribution in [3.05, 3.63) is 54.1 Å². The molecule has 1 saturated heterocycles. The van der Waals surface area contributed by atoms with Gasteiger partial charge in [0.1, 0.15) is 6.04 Å². The predicted molar refractivity (Wildman–Crippen MR) is 107 cm³/mol. The van der Waals surface area contributed by atoms with Crippen LogP contribution in [0.25, 0.3) is 0 Å². The van der Waals surface area contributed by atoms with E-state index in [0.29, 0.717) is 30.0 Å².